The molecule has 1 N–H and O–H groups in total. The topological polar surface area (TPSA) is 74.8 Å². The van der Waals surface area contributed by atoms with Gasteiger partial charge < -0.3 is 19.9 Å². The molecule has 2 aliphatic heterocycles. The number of hydrogen-bond acceptors (Lipinski definition) is 5. The number of amides is 2. The van der Waals surface area contributed by atoms with Crippen molar-refractivity contribution in [2.45, 2.75) is 25.8 Å². The molecule has 1 atom stereocenters. The van der Waals surface area contributed by atoms with E-state index >= 15 is 0 Å². The van der Waals surface area contributed by atoms with Crippen molar-refractivity contribution in [3.63, 3.8) is 0 Å². The number of carbonyl (C=O) groups is 2. The first kappa shape index (κ1) is 19.2. The summed E-state index contributed by atoms with van der Waals surface area (Å²) in [7, 11) is 1.59. The van der Waals surface area contributed by atoms with Gasteiger partial charge in [0.05, 0.1) is 13.0 Å². The van der Waals surface area contributed by atoms with Crippen LogP contribution in [0.15, 0.2) is 42.6 Å². The minimum Gasteiger partial charge on any atom is -0.497 e. The average molecular weight is 394 g/mol. The van der Waals surface area contributed by atoms with Crippen LogP contribution < -0.4 is 19.9 Å². The summed E-state index contributed by atoms with van der Waals surface area (Å²) in [6.45, 7) is 2.89. The van der Waals surface area contributed by atoms with Crippen LogP contribution in [0.3, 0.4) is 0 Å². The fourth-order valence-electron chi connectivity index (χ4n) is 3.93. The highest BCUT2D eigenvalue weighted by Gasteiger charge is 2.35. The van der Waals surface area contributed by atoms with E-state index in [1.54, 1.807) is 18.2 Å². The molecule has 3 heterocycles. The molecule has 1 unspecified atom stereocenters. The second-order valence-electron chi connectivity index (χ2n) is 7.54. The molecule has 2 saturated heterocycles. The SMILES string of the molecule is COc1cccc(N2CC(C(=O)NCc3ccnc(N4CCCC4)c3)CC2=O)c1. The molecule has 2 aliphatic rings. The quantitative estimate of drug-likeness (QED) is 0.814. The highest BCUT2D eigenvalue weighted by molar-refractivity contribution is 6.00. The van der Waals surface area contributed by atoms with Crippen LogP contribution in [0.1, 0.15) is 24.8 Å². The van der Waals surface area contributed by atoms with E-state index in [0.29, 0.717) is 18.8 Å². The Hall–Kier alpha value is -3.09. The number of aromatic nitrogens is 1. The van der Waals surface area contributed by atoms with Crippen LogP contribution in [0.2, 0.25) is 0 Å². The molecule has 1 aromatic heterocycles. The van der Waals surface area contributed by atoms with Crippen LogP contribution in [0.25, 0.3) is 0 Å². The third kappa shape index (κ3) is 4.34. The predicted molar refractivity (Wildman–Crippen MR) is 111 cm³/mol. The largest absolute Gasteiger partial charge is 0.497 e. The Bertz CT molecular complexity index is 895. The van der Waals surface area contributed by atoms with Gasteiger partial charge in [-0.05, 0) is 42.7 Å². The smallest absolute Gasteiger partial charge is 0.227 e. The van der Waals surface area contributed by atoms with Gasteiger partial charge in [0.2, 0.25) is 11.8 Å². The lowest BCUT2D eigenvalue weighted by molar-refractivity contribution is -0.126. The van der Waals surface area contributed by atoms with E-state index in [4.69, 9.17) is 4.74 Å². The molecule has 152 valence electrons. The van der Waals surface area contributed by atoms with Crippen LogP contribution in [-0.2, 0) is 16.1 Å². The molecule has 4 rings (SSSR count). The Balaban J connectivity index is 1.35. The molecule has 7 heteroatoms. The predicted octanol–water partition coefficient (Wildman–Crippen LogP) is 2.36. The number of nitrogens with one attached hydrogen (secondary N) is 1. The van der Waals surface area contributed by atoms with Crippen molar-refractivity contribution in [1.82, 2.24) is 10.3 Å². The summed E-state index contributed by atoms with van der Waals surface area (Å²) in [4.78, 5) is 33.5. The van der Waals surface area contributed by atoms with E-state index in [1.165, 1.54) is 12.8 Å². The molecule has 0 radical (unpaired) electrons. The van der Waals surface area contributed by atoms with Crippen LogP contribution in [0, 0.1) is 5.92 Å². The summed E-state index contributed by atoms with van der Waals surface area (Å²) in [5, 5.41) is 2.99. The number of anilines is 2. The van der Waals surface area contributed by atoms with E-state index in [1.807, 2.05) is 36.4 Å². The van der Waals surface area contributed by atoms with E-state index in [2.05, 4.69) is 15.2 Å². The molecule has 1 aromatic carbocycles. The van der Waals surface area contributed by atoms with Gasteiger partial charge >= 0.3 is 0 Å². The highest BCUT2D eigenvalue weighted by Crippen LogP contribution is 2.28. The summed E-state index contributed by atoms with van der Waals surface area (Å²) in [6.07, 6.45) is 4.40. The highest BCUT2D eigenvalue weighted by atomic mass is 16.5. The average Bonchev–Trinajstić information content (AvgIpc) is 3.42. The van der Waals surface area contributed by atoms with E-state index in [9.17, 15) is 9.59 Å². The Kier molecular flexibility index (Phi) is 5.64. The number of hydrogen-bond donors (Lipinski definition) is 1. The maximum atomic E-state index is 12.7. The van der Waals surface area contributed by atoms with Gasteiger partial charge in [-0.15, -0.1) is 0 Å². The zero-order chi connectivity index (χ0) is 20.2. The number of nitrogens with zero attached hydrogens (tertiary/aromatic N) is 3. The molecular formula is C22H26N4O3. The van der Waals surface area contributed by atoms with Gasteiger partial charge in [-0.3, -0.25) is 9.59 Å². The second kappa shape index (κ2) is 8.51. The Morgan fingerprint density at radius 3 is 2.86 bits per heavy atom. The molecular weight excluding hydrogens is 368 g/mol. The molecule has 0 spiro atoms. The second-order valence-corrected chi connectivity index (χ2v) is 7.54. The van der Waals surface area contributed by atoms with Crippen molar-refractivity contribution in [1.29, 1.82) is 0 Å². The first-order valence-electron chi connectivity index (χ1n) is 10.1. The minimum absolute atomic E-state index is 0.0429. The van der Waals surface area contributed by atoms with E-state index in [-0.39, 0.29) is 24.2 Å². The lowest BCUT2D eigenvalue weighted by Crippen LogP contribution is -2.32. The zero-order valence-corrected chi connectivity index (χ0v) is 16.6. The van der Waals surface area contributed by atoms with E-state index in [0.717, 1.165) is 30.2 Å². The third-order valence-corrected chi connectivity index (χ3v) is 5.57. The molecule has 0 saturated carbocycles. The first-order chi connectivity index (χ1) is 14.1. The van der Waals surface area contributed by atoms with Crippen LogP contribution >= 0.6 is 0 Å². The number of rotatable bonds is 6. The molecule has 7 nitrogen and oxygen atoms in total. The van der Waals surface area contributed by atoms with Gasteiger partial charge in [-0.2, -0.15) is 0 Å². The van der Waals surface area contributed by atoms with Crippen LogP contribution in [-0.4, -0.2) is 43.5 Å². The maximum Gasteiger partial charge on any atom is 0.227 e. The fraction of sp³-hybridized carbons (Fsp3) is 0.409. The van der Waals surface area contributed by atoms with Gasteiger partial charge in [0.1, 0.15) is 11.6 Å². The number of carbonyl (C=O) groups excluding carboxylic acids is 2. The van der Waals surface area contributed by atoms with Crippen molar-refractivity contribution >= 4 is 23.3 Å². The monoisotopic (exact) mass is 394 g/mol. The molecule has 2 fully saturated rings. The lowest BCUT2D eigenvalue weighted by atomic mass is 10.1. The third-order valence-electron chi connectivity index (χ3n) is 5.57. The van der Waals surface area contributed by atoms with Gasteiger partial charge in [0, 0.05) is 50.6 Å². The zero-order valence-electron chi connectivity index (χ0n) is 16.6. The standard InChI is InChI=1S/C22H26N4O3/c1-29-19-6-4-5-18(13-19)26-15-17(12-21(26)27)22(28)24-14-16-7-8-23-20(11-16)25-9-2-3-10-25/h4-8,11,13,17H,2-3,9-10,12,14-15H2,1H3,(H,24,28). The Morgan fingerprint density at radius 1 is 1.24 bits per heavy atom. The normalized spacial score (nSPS) is 18.9. The Morgan fingerprint density at radius 2 is 2.07 bits per heavy atom. The van der Waals surface area contributed by atoms with E-state index < -0.39 is 0 Å². The molecule has 0 bridgehead atoms. The summed E-state index contributed by atoms with van der Waals surface area (Å²) in [5.74, 6) is 1.17. The molecule has 29 heavy (non-hydrogen) atoms. The van der Waals surface area contributed by atoms with Crippen LogP contribution in [0.5, 0.6) is 5.75 Å². The number of pyridine rings is 1. The van der Waals surface area contributed by atoms with Crippen molar-refractivity contribution in [3.8, 4) is 5.75 Å². The van der Waals surface area contributed by atoms with Crippen molar-refractivity contribution in [2.75, 3.05) is 36.5 Å². The van der Waals surface area contributed by atoms with Crippen LogP contribution in [0.4, 0.5) is 11.5 Å². The van der Waals surface area contributed by atoms with Gasteiger partial charge in [-0.25, -0.2) is 4.98 Å². The Labute approximate surface area is 170 Å². The molecule has 2 aromatic rings. The van der Waals surface area contributed by atoms with Gasteiger partial charge in [0.25, 0.3) is 0 Å². The van der Waals surface area contributed by atoms with Crippen molar-refractivity contribution < 1.29 is 14.3 Å². The van der Waals surface area contributed by atoms with Crippen molar-refractivity contribution in [2.24, 2.45) is 5.92 Å². The maximum absolute atomic E-state index is 12.7. The number of ether oxygens (including phenoxy) is 1. The first-order valence-corrected chi connectivity index (χ1v) is 10.1. The number of benzene rings is 1. The minimum atomic E-state index is -0.353. The summed E-state index contributed by atoms with van der Waals surface area (Å²) < 4.78 is 5.23. The van der Waals surface area contributed by atoms with Crippen molar-refractivity contribution in [3.05, 3.63) is 48.2 Å². The summed E-state index contributed by atoms with van der Waals surface area (Å²) in [6, 6.07) is 11.3. The molecule has 2 amide bonds. The molecule has 0 aliphatic carbocycles. The fourth-order valence-corrected chi connectivity index (χ4v) is 3.93. The summed E-state index contributed by atoms with van der Waals surface area (Å²) in [5.41, 5.74) is 1.78. The number of methoxy groups -OCH3 is 1. The lowest BCUT2D eigenvalue weighted by Gasteiger charge is -2.18. The summed E-state index contributed by atoms with van der Waals surface area (Å²) >= 11 is 0. The van der Waals surface area contributed by atoms with Gasteiger partial charge in [0.15, 0.2) is 0 Å². The van der Waals surface area contributed by atoms with Gasteiger partial charge in [-0.1, -0.05) is 6.07 Å².